The number of amides is 1. The summed E-state index contributed by atoms with van der Waals surface area (Å²) in [5, 5.41) is 10.7. The predicted molar refractivity (Wildman–Crippen MR) is 85.0 cm³/mol. The molecule has 0 fully saturated rings. The minimum atomic E-state index is -3.96. The summed E-state index contributed by atoms with van der Waals surface area (Å²) >= 11 is 3.15. The van der Waals surface area contributed by atoms with E-state index in [1.807, 2.05) is 10.3 Å². The topological polar surface area (TPSA) is 118 Å². The van der Waals surface area contributed by atoms with Gasteiger partial charge in [0.25, 0.3) is 21.6 Å². The molecule has 0 heterocycles. The first-order chi connectivity index (χ1) is 10.8. The number of nitrogens with one attached hydrogen (secondary N) is 2. The smallest absolute Gasteiger partial charge is 0.270 e. The van der Waals surface area contributed by atoms with Gasteiger partial charge in [-0.05, 0) is 24.3 Å². The zero-order valence-electron chi connectivity index (χ0n) is 11.4. The number of nitro benzene ring substituents is 1. The lowest BCUT2D eigenvalue weighted by Crippen LogP contribution is -2.41. The second-order valence-electron chi connectivity index (χ2n) is 4.32. The number of non-ortho nitro benzene ring substituents is 1. The second-order valence-corrected chi connectivity index (χ2v) is 6.92. The maximum Gasteiger partial charge on any atom is 0.270 e. The third-order valence-electron chi connectivity index (χ3n) is 2.72. The molecule has 2 rings (SSSR count). The van der Waals surface area contributed by atoms with Gasteiger partial charge in [-0.1, -0.05) is 28.1 Å². The number of hydrogen-bond donors (Lipinski definition) is 2. The normalized spacial score (nSPS) is 11.0. The minimum absolute atomic E-state index is 0.0452. The summed E-state index contributed by atoms with van der Waals surface area (Å²) < 4.78 is 24.6. The Kier molecular flexibility index (Phi) is 5.08. The van der Waals surface area contributed by atoms with Gasteiger partial charge in [0.15, 0.2) is 0 Å². The van der Waals surface area contributed by atoms with Crippen molar-refractivity contribution < 1.29 is 18.1 Å². The fraction of sp³-hybridized carbons (Fsp3) is 0. The van der Waals surface area contributed by atoms with Gasteiger partial charge in [-0.15, -0.1) is 4.83 Å². The number of rotatable bonds is 5. The molecule has 0 saturated carbocycles. The summed E-state index contributed by atoms with van der Waals surface area (Å²) in [5.41, 5.74) is 1.69. The zero-order chi connectivity index (χ0) is 17.0. The predicted octanol–water partition coefficient (Wildman–Crippen LogP) is 1.98. The van der Waals surface area contributed by atoms with Gasteiger partial charge < -0.3 is 0 Å². The molecule has 10 heteroatoms. The summed E-state index contributed by atoms with van der Waals surface area (Å²) in [5.74, 6) is -0.813. The number of hydrogen-bond acceptors (Lipinski definition) is 5. The van der Waals surface area contributed by atoms with E-state index in [9.17, 15) is 23.3 Å². The van der Waals surface area contributed by atoms with Gasteiger partial charge in [0.05, 0.1) is 9.82 Å². The summed E-state index contributed by atoms with van der Waals surface area (Å²) in [7, 11) is -3.96. The molecule has 0 atom stereocenters. The van der Waals surface area contributed by atoms with Gasteiger partial charge in [0.1, 0.15) is 0 Å². The van der Waals surface area contributed by atoms with Crippen LogP contribution in [0.4, 0.5) is 5.69 Å². The Morgan fingerprint density at radius 3 is 2.48 bits per heavy atom. The minimum Gasteiger partial charge on any atom is -0.273 e. The maximum atomic E-state index is 12.0. The highest BCUT2D eigenvalue weighted by Gasteiger charge is 2.17. The maximum absolute atomic E-state index is 12.0. The van der Waals surface area contributed by atoms with Gasteiger partial charge in [0, 0.05) is 22.2 Å². The van der Waals surface area contributed by atoms with E-state index < -0.39 is 20.9 Å². The zero-order valence-corrected chi connectivity index (χ0v) is 13.8. The Morgan fingerprint density at radius 2 is 1.83 bits per heavy atom. The molecule has 0 spiro atoms. The van der Waals surface area contributed by atoms with E-state index in [4.69, 9.17) is 0 Å². The molecule has 2 aromatic rings. The van der Waals surface area contributed by atoms with Gasteiger partial charge in [-0.3, -0.25) is 20.3 Å². The Morgan fingerprint density at radius 1 is 1.13 bits per heavy atom. The van der Waals surface area contributed by atoms with E-state index in [1.165, 1.54) is 36.4 Å². The number of benzene rings is 2. The first-order valence-corrected chi connectivity index (χ1v) is 8.39. The van der Waals surface area contributed by atoms with Crippen LogP contribution in [0, 0.1) is 10.1 Å². The standard InChI is InChI=1S/C13H10BrN3O5S/c14-10-4-2-6-12(8-10)23(21,22)16-15-13(18)9-3-1-5-11(7-9)17(19)20/h1-8,16H,(H,15,18). The van der Waals surface area contributed by atoms with Crippen LogP contribution < -0.4 is 10.3 Å². The van der Waals surface area contributed by atoms with E-state index in [0.29, 0.717) is 4.47 Å². The van der Waals surface area contributed by atoms with Crippen LogP contribution in [0.3, 0.4) is 0 Å². The molecule has 2 N–H and O–H groups in total. The molecule has 0 aliphatic heterocycles. The van der Waals surface area contributed by atoms with Crippen molar-refractivity contribution in [3.63, 3.8) is 0 Å². The lowest BCUT2D eigenvalue weighted by molar-refractivity contribution is -0.384. The molecule has 0 aliphatic carbocycles. The van der Waals surface area contributed by atoms with Crippen molar-refractivity contribution >= 4 is 37.5 Å². The molecular formula is C13H10BrN3O5S. The van der Waals surface area contributed by atoms with Crippen LogP contribution in [0.1, 0.15) is 10.4 Å². The van der Waals surface area contributed by atoms with Gasteiger partial charge in [-0.2, -0.15) is 0 Å². The van der Waals surface area contributed by atoms with Crippen LogP contribution in [0.5, 0.6) is 0 Å². The van der Waals surface area contributed by atoms with E-state index in [0.717, 1.165) is 6.07 Å². The Hall–Kier alpha value is -2.30. The number of carbonyl (C=O) groups excluding carboxylic acids is 1. The second kappa shape index (κ2) is 6.86. The molecule has 0 unspecified atom stereocenters. The molecule has 0 bridgehead atoms. The van der Waals surface area contributed by atoms with Crippen molar-refractivity contribution in [1.82, 2.24) is 10.3 Å². The lowest BCUT2D eigenvalue weighted by Gasteiger charge is -2.08. The number of nitro groups is 1. The fourth-order valence-corrected chi connectivity index (χ4v) is 3.08. The monoisotopic (exact) mass is 399 g/mol. The third-order valence-corrected chi connectivity index (χ3v) is 4.46. The number of hydrazine groups is 1. The summed E-state index contributed by atoms with van der Waals surface area (Å²) in [6.45, 7) is 0. The average Bonchev–Trinajstić information content (AvgIpc) is 2.53. The average molecular weight is 400 g/mol. The van der Waals surface area contributed by atoms with Crippen LogP contribution in [-0.2, 0) is 10.0 Å². The Labute approximate surface area is 139 Å². The molecule has 0 saturated heterocycles. The number of halogens is 1. The summed E-state index contributed by atoms with van der Waals surface area (Å²) in [6.07, 6.45) is 0. The van der Waals surface area contributed by atoms with Crippen LogP contribution in [-0.4, -0.2) is 19.2 Å². The Balaban J connectivity index is 2.12. The number of sulfonamides is 1. The van der Waals surface area contributed by atoms with Crippen molar-refractivity contribution in [2.24, 2.45) is 0 Å². The van der Waals surface area contributed by atoms with E-state index >= 15 is 0 Å². The van der Waals surface area contributed by atoms with Gasteiger partial charge >= 0.3 is 0 Å². The molecule has 0 radical (unpaired) electrons. The van der Waals surface area contributed by atoms with Crippen LogP contribution in [0.15, 0.2) is 57.9 Å². The van der Waals surface area contributed by atoms with Crippen molar-refractivity contribution in [2.45, 2.75) is 4.90 Å². The van der Waals surface area contributed by atoms with Crippen molar-refractivity contribution in [2.75, 3.05) is 0 Å². The molecule has 0 aliphatic rings. The molecule has 23 heavy (non-hydrogen) atoms. The van der Waals surface area contributed by atoms with Crippen molar-refractivity contribution in [3.05, 3.63) is 68.7 Å². The highest BCUT2D eigenvalue weighted by Crippen LogP contribution is 2.16. The van der Waals surface area contributed by atoms with Crippen molar-refractivity contribution in [1.29, 1.82) is 0 Å². The van der Waals surface area contributed by atoms with E-state index in [2.05, 4.69) is 15.9 Å². The lowest BCUT2D eigenvalue weighted by atomic mass is 10.2. The number of carbonyl (C=O) groups is 1. The molecule has 120 valence electrons. The Bertz CT molecular complexity index is 869. The SMILES string of the molecule is O=C(NNS(=O)(=O)c1cccc(Br)c1)c1cccc([N+](=O)[O-])c1. The highest BCUT2D eigenvalue weighted by molar-refractivity contribution is 9.10. The molecule has 1 amide bonds. The quantitative estimate of drug-likeness (QED) is 0.588. The highest BCUT2D eigenvalue weighted by atomic mass is 79.9. The van der Waals surface area contributed by atoms with Crippen LogP contribution >= 0.6 is 15.9 Å². The molecule has 8 nitrogen and oxygen atoms in total. The largest absolute Gasteiger partial charge is 0.273 e. The third kappa shape index (κ3) is 4.34. The van der Waals surface area contributed by atoms with E-state index in [-0.39, 0.29) is 16.1 Å². The molecule has 2 aromatic carbocycles. The summed E-state index contributed by atoms with van der Waals surface area (Å²) in [6, 6.07) is 10.8. The van der Waals surface area contributed by atoms with E-state index in [1.54, 1.807) is 6.07 Å². The van der Waals surface area contributed by atoms with Crippen LogP contribution in [0.25, 0.3) is 0 Å². The first-order valence-electron chi connectivity index (χ1n) is 6.12. The van der Waals surface area contributed by atoms with Crippen molar-refractivity contribution in [3.8, 4) is 0 Å². The summed E-state index contributed by atoms with van der Waals surface area (Å²) in [4.78, 5) is 23.8. The number of nitrogens with zero attached hydrogens (tertiary/aromatic N) is 1. The molecular weight excluding hydrogens is 390 g/mol. The first kappa shape index (κ1) is 17.1. The molecule has 0 aromatic heterocycles. The fourth-order valence-electron chi connectivity index (χ4n) is 1.64. The van der Waals surface area contributed by atoms with Gasteiger partial charge in [0.2, 0.25) is 0 Å². The van der Waals surface area contributed by atoms with Crippen LogP contribution in [0.2, 0.25) is 0 Å². The van der Waals surface area contributed by atoms with Gasteiger partial charge in [-0.25, -0.2) is 8.42 Å².